The molecule has 1 heterocycles. The van der Waals surface area contributed by atoms with E-state index in [0.717, 1.165) is 32.7 Å². The molecule has 1 unspecified atom stereocenters. The van der Waals surface area contributed by atoms with E-state index in [9.17, 15) is 4.79 Å². The Hall–Kier alpha value is -2.73. The molecule has 3 N–H and O–H groups in total. The molecule has 6 heteroatoms. The van der Waals surface area contributed by atoms with Crippen LogP contribution in [0.5, 0.6) is 5.75 Å². The van der Waals surface area contributed by atoms with Gasteiger partial charge in [0, 0.05) is 44.5 Å². The fraction of sp³-hybridized carbons (Fsp3) is 0.381. The quantitative estimate of drug-likeness (QED) is 0.785. The molecule has 0 radical (unpaired) electrons. The molecule has 2 aromatic rings. The topological polar surface area (TPSA) is 70.8 Å². The van der Waals surface area contributed by atoms with Crippen LogP contribution < -0.4 is 20.7 Å². The Morgan fingerprint density at radius 1 is 1.11 bits per heavy atom. The fourth-order valence-corrected chi connectivity index (χ4v) is 3.56. The summed E-state index contributed by atoms with van der Waals surface area (Å²) in [6.45, 7) is 7.04. The maximum absolute atomic E-state index is 11.7. The second-order valence-corrected chi connectivity index (χ2v) is 6.92. The zero-order valence-corrected chi connectivity index (χ0v) is 16.0. The summed E-state index contributed by atoms with van der Waals surface area (Å²) in [6.07, 6.45) is 0. The molecule has 1 fully saturated rings. The van der Waals surface area contributed by atoms with Gasteiger partial charge in [0.15, 0.2) is 0 Å². The van der Waals surface area contributed by atoms with Gasteiger partial charge in [-0.1, -0.05) is 24.3 Å². The van der Waals surface area contributed by atoms with Crippen molar-refractivity contribution in [2.45, 2.75) is 13.0 Å². The Labute approximate surface area is 160 Å². The summed E-state index contributed by atoms with van der Waals surface area (Å²) in [5.41, 5.74) is 7.92. The van der Waals surface area contributed by atoms with E-state index in [1.54, 1.807) is 19.2 Å². The zero-order chi connectivity index (χ0) is 19.2. The van der Waals surface area contributed by atoms with Crippen LogP contribution in [0, 0.1) is 0 Å². The number of methoxy groups -OCH3 is 1. The first-order valence-corrected chi connectivity index (χ1v) is 9.34. The number of para-hydroxylation sites is 2. The Morgan fingerprint density at radius 3 is 2.44 bits per heavy atom. The van der Waals surface area contributed by atoms with Crippen molar-refractivity contribution in [3.63, 3.8) is 0 Å². The van der Waals surface area contributed by atoms with Gasteiger partial charge in [-0.3, -0.25) is 9.69 Å². The molecule has 1 aliphatic heterocycles. The van der Waals surface area contributed by atoms with Crippen molar-refractivity contribution >= 4 is 17.3 Å². The number of hydrogen-bond acceptors (Lipinski definition) is 5. The summed E-state index contributed by atoms with van der Waals surface area (Å²) in [7, 11) is 1.60. The Balaban J connectivity index is 1.58. The monoisotopic (exact) mass is 368 g/mol. The van der Waals surface area contributed by atoms with E-state index >= 15 is 0 Å². The average Bonchev–Trinajstić information content (AvgIpc) is 2.69. The van der Waals surface area contributed by atoms with Gasteiger partial charge in [0.25, 0.3) is 5.91 Å². The van der Waals surface area contributed by atoms with E-state index in [0.29, 0.717) is 17.0 Å². The standard InChI is InChI=1S/C21H28N4O2/c1-16(23-20-18(21(22)26)9-6-10-19(20)27-2)15-24-11-13-25(14-12-24)17-7-4-3-5-8-17/h3-10,16,23H,11-15H2,1-2H3,(H2,22,26). The van der Waals surface area contributed by atoms with Crippen molar-refractivity contribution in [3.05, 3.63) is 54.1 Å². The van der Waals surface area contributed by atoms with Gasteiger partial charge >= 0.3 is 0 Å². The highest BCUT2D eigenvalue weighted by atomic mass is 16.5. The number of ether oxygens (including phenoxy) is 1. The van der Waals surface area contributed by atoms with E-state index < -0.39 is 5.91 Å². The largest absolute Gasteiger partial charge is 0.495 e. The van der Waals surface area contributed by atoms with Crippen molar-refractivity contribution in [1.29, 1.82) is 0 Å². The van der Waals surface area contributed by atoms with Crippen molar-refractivity contribution in [3.8, 4) is 5.75 Å². The number of hydrogen-bond donors (Lipinski definition) is 2. The van der Waals surface area contributed by atoms with Crippen LogP contribution >= 0.6 is 0 Å². The van der Waals surface area contributed by atoms with Crippen LogP contribution in [0.3, 0.4) is 0 Å². The molecule has 0 bridgehead atoms. The summed E-state index contributed by atoms with van der Waals surface area (Å²) >= 11 is 0. The number of primary amides is 1. The summed E-state index contributed by atoms with van der Waals surface area (Å²) in [6, 6.07) is 16.0. The summed E-state index contributed by atoms with van der Waals surface area (Å²) in [5, 5.41) is 3.42. The van der Waals surface area contributed by atoms with Crippen LogP contribution in [0.25, 0.3) is 0 Å². The molecule has 0 aromatic heterocycles. The molecular weight excluding hydrogens is 340 g/mol. The van der Waals surface area contributed by atoms with Gasteiger partial charge in [-0.05, 0) is 31.2 Å². The molecule has 3 rings (SSSR count). The Kier molecular flexibility index (Phi) is 6.19. The number of amides is 1. The SMILES string of the molecule is COc1cccc(C(N)=O)c1NC(C)CN1CCN(c2ccccc2)CC1. The van der Waals surface area contributed by atoms with Gasteiger partial charge in [-0.2, -0.15) is 0 Å². The molecule has 144 valence electrons. The molecule has 2 aromatic carbocycles. The van der Waals surface area contributed by atoms with Crippen LogP contribution in [0.1, 0.15) is 17.3 Å². The predicted octanol–water partition coefficient (Wildman–Crippen LogP) is 2.42. The smallest absolute Gasteiger partial charge is 0.250 e. The number of benzene rings is 2. The van der Waals surface area contributed by atoms with Crippen molar-refractivity contribution < 1.29 is 9.53 Å². The van der Waals surface area contributed by atoms with E-state index in [4.69, 9.17) is 10.5 Å². The minimum Gasteiger partial charge on any atom is -0.495 e. The molecule has 0 aliphatic carbocycles. The Bertz CT molecular complexity index is 758. The number of nitrogens with one attached hydrogen (secondary N) is 1. The van der Waals surface area contributed by atoms with Gasteiger partial charge < -0.3 is 20.7 Å². The highest BCUT2D eigenvalue weighted by Gasteiger charge is 2.20. The number of carbonyl (C=O) groups is 1. The molecule has 0 spiro atoms. The maximum atomic E-state index is 11.7. The van der Waals surface area contributed by atoms with E-state index in [-0.39, 0.29) is 6.04 Å². The second-order valence-electron chi connectivity index (χ2n) is 6.92. The van der Waals surface area contributed by atoms with Gasteiger partial charge in [-0.15, -0.1) is 0 Å². The molecule has 1 atom stereocenters. The van der Waals surface area contributed by atoms with Crippen molar-refractivity contribution in [2.24, 2.45) is 5.73 Å². The third kappa shape index (κ3) is 4.71. The molecule has 6 nitrogen and oxygen atoms in total. The molecule has 1 aliphatic rings. The minimum atomic E-state index is -0.458. The van der Waals surface area contributed by atoms with Gasteiger partial charge in [0.05, 0.1) is 18.4 Å². The van der Waals surface area contributed by atoms with Crippen LogP contribution in [0.2, 0.25) is 0 Å². The molecule has 0 saturated carbocycles. The lowest BCUT2D eigenvalue weighted by Gasteiger charge is -2.37. The average molecular weight is 368 g/mol. The highest BCUT2D eigenvalue weighted by Crippen LogP contribution is 2.29. The number of nitrogens with two attached hydrogens (primary N) is 1. The van der Waals surface area contributed by atoms with Crippen LogP contribution in [0.15, 0.2) is 48.5 Å². The predicted molar refractivity (Wildman–Crippen MR) is 110 cm³/mol. The third-order valence-electron chi connectivity index (χ3n) is 4.93. The lowest BCUT2D eigenvalue weighted by atomic mass is 10.1. The van der Waals surface area contributed by atoms with Crippen molar-refractivity contribution in [2.75, 3.05) is 50.1 Å². The maximum Gasteiger partial charge on any atom is 0.250 e. The first-order chi connectivity index (χ1) is 13.1. The van der Waals surface area contributed by atoms with Gasteiger partial charge in [0.2, 0.25) is 0 Å². The lowest BCUT2D eigenvalue weighted by Crippen LogP contribution is -2.49. The first kappa shape index (κ1) is 19.0. The molecular formula is C21H28N4O2. The summed E-state index contributed by atoms with van der Waals surface area (Å²) in [4.78, 5) is 16.6. The number of anilines is 2. The number of piperazine rings is 1. The third-order valence-corrected chi connectivity index (χ3v) is 4.93. The van der Waals surface area contributed by atoms with E-state index in [1.807, 2.05) is 12.1 Å². The zero-order valence-electron chi connectivity index (χ0n) is 16.0. The summed E-state index contributed by atoms with van der Waals surface area (Å²) < 4.78 is 5.40. The molecule has 1 saturated heterocycles. The van der Waals surface area contributed by atoms with Crippen LogP contribution in [-0.4, -0.2) is 56.7 Å². The van der Waals surface area contributed by atoms with Gasteiger partial charge in [-0.25, -0.2) is 0 Å². The van der Waals surface area contributed by atoms with Crippen LogP contribution in [0.4, 0.5) is 11.4 Å². The normalized spacial score (nSPS) is 16.0. The summed E-state index contributed by atoms with van der Waals surface area (Å²) in [5.74, 6) is 0.173. The number of carbonyl (C=O) groups excluding carboxylic acids is 1. The first-order valence-electron chi connectivity index (χ1n) is 9.34. The Morgan fingerprint density at radius 2 is 1.81 bits per heavy atom. The van der Waals surface area contributed by atoms with E-state index in [1.165, 1.54) is 5.69 Å². The van der Waals surface area contributed by atoms with Crippen LogP contribution in [-0.2, 0) is 0 Å². The molecule has 1 amide bonds. The minimum absolute atomic E-state index is 0.155. The fourth-order valence-electron chi connectivity index (χ4n) is 3.56. The van der Waals surface area contributed by atoms with Gasteiger partial charge in [0.1, 0.15) is 5.75 Å². The molecule has 27 heavy (non-hydrogen) atoms. The number of rotatable bonds is 7. The van der Waals surface area contributed by atoms with E-state index in [2.05, 4.69) is 46.3 Å². The lowest BCUT2D eigenvalue weighted by molar-refractivity contribution is 0.100. The second kappa shape index (κ2) is 8.77. The van der Waals surface area contributed by atoms with Crippen molar-refractivity contribution in [1.82, 2.24) is 4.90 Å². The highest BCUT2D eigenvalue weighted by molar-refractivity contribution is 6.00. The number of nitrogens with zero attached hydrogens (tertiary/aromatic N) is 2.